The first kappa shape index (κ1) is 20.4. The molecule has 2 aromatic rings. The molecular formula is C20H21ClN2O4S. The second-order valence-corrected chi connectivity index (χ2v) is 9.34. The minimum Gasteiger partial charge on any atom is -0.348 e. The summed E-state index contributed by atoms with van der Waals surface area (Å²) in [7, 11) is -3.44. The maximum Gasteiger partial charge on any atom is 0.253 e. The lowest BCUT2D eigenvalue weighted by Gasteiger charge is -2.24. The first-order valence-corrected chi connectivity index (χ1v) is 11.2. The van der Waals surface area contributed by atoms with Gasteiger partial charge in [0.25, 0.3) is 5.91 Å². The molecule has 3 rings (SSSR count). The van der Waals surface area contributed by atoms with Gasteiger partial charge in [-0.2, -0.15) is 0 Å². The van der Waals surface area contributed by atoms with E-state index in [1.54, 1.807) is 18.2 Å². The van der Waals surface area contributed by atoms with Gasteiger partial charge in [-0.25, -0.2) is 8.42 Å². The predicted octanol–water partition coefficient (Wildman–Crippen LogP) is 3.41. The molecule has 0 radical (unpaired) electrons. The van der Waals surface area contributed by atoms with Crippen molar-refractivity contribution in [2.45, 2.75) is 30.7 Å². The lowest BCUT2D eigenvalue weighted by molar-refractivity contribution is -0.122. The van der Waals surface area contributed by atoms with Crippen LogP contribution in [-0.4, -0.2) is 26.5 Å². The van der Waals surface area contributed by atoms with Gasteiger partial charge in [-0.05, 0) is 48.7 Å². The van der Waals surface area contributed by atoms with E-state index in [1.165, 1.54) is 18.2 Å². The summed E-state index contributed by atoms with van der Waals surface area (Å²) in [5, 5.41) is 5.80. The van der Waals surface area contributed by atoms with Crippen LogP contribution in [0.15, 0.2) is 47.4 Å². The largest absolute Gasteiger partial charge is 0.348 e. The summed E-state index contributed by atoms with van der Waals surface area (Å²) in [6.07, 6.45) is 4.01. The Morgan fingerprint density at radius 2 is 1.89 bits per heavy atom. The number of carbonyl (C=O) groups is 2. The summed E-state index contributed by atoms with van der Waals surface area (Å²) in [6.45, 7) is 0.214. The molecule has 1 fully saturated rings. The molecule has 8 heteroatoms. The maximum atomic E-state index is 12.5. The van der Waals surface area contributed by atoms with Gasteiger partial charge in [0, 0.05) is 24.4 Å². The number of anilines is 1. The Labute approximate surface area is 169 Å². The Bertz CT molecular complexity index is 1020. The van der Waals surface area contributed by atoms with Crippen molar-refractivity contribution in [2.24, 2.45) is 5.92 Å². The van der Waals surface area contributed by atoms with Crippen LogP contribution in [-0.2, 0) is 21.2 Å². The fraction of sp³-hybridized carbons (Fsp3) is 0.300. The maximum absolute atomic E-state index is 12.5. The SMILES string of the molecule is CS(=O)(=O)c1ccc(Cl)c(C(=O)NCc2cccc(NC(=O)C3CCC3)c2)c1. The van der Waals surface area contributed by atoms with Gasteiger partial charge < -0.3 is 10.6 Å². The fourth-order valence-corrected chi connectivity index (χ4v) is 3.71. The molecule has 2 aromatic carbocycles. The zero-order valence-corrected chi connectivity index (χ0v) is 16.9. The van der Waals surface area contributed by atoms with Gasteiger partial charge in [0.2, 0.25) is 5.91 Å². The zero-order chi connectivity index (χ0) is 20.3. The number of hydrogen-bond donors (Lipinski definition) is 2. The normalized spacial score (nSPS) is 14.2. The molecule has 148 valence electrons. The van der Waals surface area contributed by atoms with Crippen molar-refractivity contribution in [3.63, 3.8) is 0 Å². The van der Waals surface area contributed by atoms with Crippen LogP contribution >= 0.6 is 11.6 Å². The summed E-state index contributed by atoms with van der Waals surface area (Å²) < 4.78 is 23.4. The van der Waals surface area contributed by atoms with E-state index in [-0.39, 0.29) is 33.9 Å². The summed E-state index contributed by atoms with van der Waals surface area (Å²) in [5.41, 5.74) is 1.58. The number of hydrogen-bond acceptors (Lipinski definition) is 4. The average Bonchev–Trinajstić information content (AvgIpc) is 2.57. The predicted molar refractivity (Wildman–Crippen MR) is 108 cm³/mol. The highest BCUT2D eigenvalue weighted by atomic mass is 35.5. The van der Waals surface area contributed by atoms with E-state index in [0.717, 1.165) is 31.1 Å². The summed E-state index contributed by atoms with van der Waals surface area (Å²) in [5.74, 6) is -0.358. The third kappa shape index (κ3) is 4.91. The van der Waals surface area contributed by atoms with Crippen LogP contribution in [0, 0.1) is 5.92 Å². The van der Waals surface area contributed by atoms with Crippen LogP contribution in [0.4, 0.5) is 5.69 Å². The Hall–Kier alpha value is -2.38. The van der Waals surface area contributed by atoms with Gasteiger partial charge in [-0.3, -0.25) is 9.59 Å². The standard InChI is InChI=1S/C20H21ClN2O4S/c1-28(26,27)16-8-9-18(21)17(11-16)20(25)22-12-13-4-2-7-15(10-13)23-19(24)14-5-3-6-14/h2,4,7-11,14H,3,5-6,12H2,1H3,(H,22,25)(H,23,24). The van der Waals surface area contributed by atoms with Crippen molar-refractivity contribution in [2.75, 3.05) is 11.6 Å². The molecule has 2 amide bonds. The first-order valence-electron chi connectivity index (χ1n) is 8.91. The van der Waals surface area contributed by atoms with Crippen LogP contribution in [0.5, 0.6) is 0 Å². The number of halogens is 1. The number of nitrogens with one attached hydrogen (secondary N) is 2. The molecule has 0 heterocycles. The highest BCUT2D eigenvalue weighted by molar-refractivity contribution is 7.90. The Morgan fingerprint density at radius 3 is 2.54 bits per heavy atom. The topological polar surface area (TPSA) is 92.3 Å². The molecule has 0 aromatic heterocycles. The van der Waals surface area contributed by atoms with Crippen molar-refractivity contribution in [3.05, 3.63) is 58.6 Å². The number of benzene rings is 2. The van der Waals surface area contributed by atoms with Crippen molar-refractivity contribution < 1.29 is 18.0 Å². The second kappa shape index (κ2) is 8.32. The third-order valence-corrected chi connectivity index (χ3v) is 6.17. The number of rotatable bonds is 6. The molecule has 0 aliphatic heterocycles. The molecule has 0 saturated heterocycles. The quantitative estimate of drug-likeness (QED) is 0.748. The molecule has 2 N–H and O–H groups in total. The van der Waals surface area contributed by atoms with Crippen molar-refractivity contribution >= 4 is 38.9 Å². The van der Waals surface area contributed by atoms with Crippen LogP contribution in [0.1, 0.15) is 35.2 Å². The summed E-state index contributed by atoms with van der Waals surface area (Å²) in [6, 6.07) is 11.2. The zero-order valence-electron chi connectivity index (χ0n) is 15.4. The lowest BCUT2D eigenvalue weighted by Crippen LogP contribution is -2.28. The highest BCUT2D eigenvalue weighted by Gasteiger charge is 2.25. The van der Waals surface area contributed by atoms with Crippen LogP contribution in [0.2, 0.25) is 5.02 Å². The molecule has 0 spiro atoms. The van der Waals surface area contributed by atoms with Gasteiger partial charge in [0.1, 0.15) is 0 Å². The lowest BCUT2D eigenvalue weighted by atomic mass is 9.85. The Morgan fingerprint density at radius 1 is 1.14 bits per heavy atom. The molecule has 1 aliphatic carbocycles. The minimum atomic E-state index is -3.44. The molecule has 0 bridgehead atoms. The molecular weight excluding hydrogens is 400 g/mol. The second-order valence-electron chi connectivity index (χ2n) is 6.91. The molecule has 0 unspecified atom stereocenters. The number of carbonyl (C=O) groups excluding carboxylic acids is 2. The van der Waals surface area contributed by atoms with E-state index in [9.17, 15) is 18.0 Å². The van der Waals surface area contributed by atoms with Gasteiger partial charge in [-0.1, -0.05) is 30.2 Å². The van der Waals surface area contributed by atoms with E-state index in [4.69, 9.17) is 11.6 Å². The highest BCUT2D eigenvalue weighted by Crippen LogP contribution is 2.27. The van der Waals surface area contributed by atoms with Crippen LogP contribution in [0.25, 0.3) is 0 Å². The molecule has 0 atom stereocenters. The molecule has 6 nitrogen and oxygen atoms in total. The van der Waals surface area contributed by atoms with E-state index in [1.807, 2.05) is 6.07 Å². The minimum absolute atomic E-state index is 0.0248. The van der Waals surface area contributed by atoms with Crippen LogP contribution < -0.4 is 10.6 Å². The van der Waals surface area contributed by atoms with Gasteiger partial charge in [0.05, 0.1) is 15.5 Å². The molecule has 1 saturated carbocycles. The fourth-order valence-electron chi connectivity index (χ4n) is 2.86. The average molecular weight is 421 g/mol. The summed E-state index contributed by atoms with van der Waals surface area (Å²) in [4.78, 5) is 24.5. The third-order valence-electron chi connectivity index (χ3n) is 4.73. The smallest absolute Gasteiger partial charge is 0.253 e. The van der Waals surface area contributed by atoms with E-state index in [0.29, 0.717) is 5.69 Å². The van der Waals surface area contributed by atoms with Gasteiger partial charge in [0.15, 0.2) is 9.84 Å². The van der Waals surface area contributed by atoms with Crippen LogP contribution in [0.3, 0.4) is 0 Å². The van der Waals surface area contributed by atoms with E-state index in [2.05, 4.69) is 10.6 Å². The first-order chi connectivity index (χ1) is 13.2. The van der Waals surface area contributed by atoms with E-state index >= 15 is 0 Å². The number of amides is 2. The summed E-state index contributed by atoms with van der Waals surface area (Å²) >= 11 is 6.05. The van der Waals surface area contributed by atoms with Crippen molar-refractivity contribution in [3.8, 4) is 0 Å². The molecule has 28 heavy (non-hydrogen) atoms. The number of sulfone groups is 1. The van der Waals surface area contributed by atoms with E-state index < -0.39 is 15.7 Å². The molecule has 1 aliphatic rings. The Kier molecular flexibility index (Phi) is 6.05. The Balaban J connectivity index is 1.66. The van der Waals surface area contributed by atoms with Gasteiger partial charge >= 0.3 is 0 Å². The van der Waals surface area contributed by atoms with Crippen molar-refractivity contribution in [1.29, 1.82) is 0 Å². The van der Waals surface area contributed by atoms with Gasteiger partial charge in [-0.15, -0.1) is 0 Å². The monoisotopic (exact) mass is 420 g/mol. The van der Waals surface area contributed by atoms with Crippen molar-refractivity contribution in [1.82, 2.24) is 5.32 Å².